The number of nitro groups is 1. The topological polar surface area (TPSA) is 91.6 Å². The summed E-state index contributed by atoms with van der Waals surface area (Å²) in [7, 11) is 0. The van der Waals surface area contributed by atoms with E-state index in [0.29, 0.717) is 6.20 Å². The third-order valence-electron chi connectivity index (χ3n) is 2.13. The van der Waals surface area contributed by atoms with Gasteiger partial charge in [0.05, 0.1) is 23.3 Å². The Kier molecular flexibility index (Phi) is 4.48. The lowest BCUT2D eigenvalue weighted by Crippen LogP contribution is -2.19. The summed E-state index contributed by atoms with van der Waals surface area (Å²) in [4.78, 5) is 24.6. The molecule has 0 amide bonds. The average Bonchev–Trinajstić information content (AvgIpc) is 2.26. The highest BCUT2D eigenvalue weighted by Crippen LogP contribution is 2.35. The monoisotopic (exact) mass is 294 g/mol. The summed E-state index contributed by atoms with van der Waals surface area (Å²) in [5.74, 6) is -2.06. The number of hydrogen-bond donors (Lipinski definition) is 0. The van der Waals surface area contributed by atoms with Crippen molar-refractivity contribution in [1.29, 1.82) is 0 Å². The number of rotatable bonds is 4. The standard InChI is InChI=1S/C10H9F3N2O5/c1-3-19-9(16)7-5(2)8(15(17)18)6(4-14-7)20-10(11,12)13/h4H,3H2,1-2H3. The number of nitrogens with zero attached hydrogens (tertiary/aromatic N) is 2. The molecular weight excluding hydrogens is 285 g/mol. The Morgan fingerprint density at radius 2 is 2.10 bits per heavy atom. The van der Waals surface area contributed by atoms with E-state index in [1.807, 2.05) is 0 Å². The van der Waals surface area contributed by atoms with Gasteiger partial charge in [-0.15, -0.1) is 13.2 Å². The number of aromatic nitrogens is 1. The van der Waals surface area contributed by atoms with Crippen molar-refractivity contribution in [3.05, 3.63) is 27.6 Å². The van der Waals surface area contributed by atoms with Crippen LogP contribution in [-0.4, -0.2) is 28.8 Å². The van der Waals surface area contributed by atoms with Crippen LogP contribution in [0.25, 0.3) is 0 Å². The van der Waals surface area contributed by atoms with Crippen LogP contribution >= 0.6 is 0 Å². The van der Waals surface area contributed by atoms with Crippen LogP contribution in [0.5, 0.6) is 5.75 Å². The van der Waals surface area contributed by atoms with E-state index >= 15 is 0 Å². The molecule has 1 aromatic heterocycles. The molecule has 0 atom stereocenters. The molecule has 1 rings (SSSR count). The van der Waals surface area contributed by atoms with E-state index in [2.05, 4.69) is 14.5 Å². The SMILES string of the molecule is CCOC(=O)c1ncc(OC(F)(F)F)c([N+](=O)[O-])c1C. The first-order valence-corrected chi connectivity index (χ1v) is 5.24. The molecule has 10 heteroatoms. The number of carbonyl (C=O) groups excluding carboxylic acids is 1. The molecule has 0 saturated carbocycles. The zero-order valence-corrected chi connectivity index (χ0v) is 10.4. The lowest BCUT2D eigenvalue weighted by Gasteiger charge is -2.11. The molecule has 0 saturated heterocycles. The number of esters is 1. The van der Waals surface area contributed by atoms with Crippen molar-refractivity contribution < 1.29 is 32.4 Å². The minimum Gasteiger partial charge on any atom is -0.461 e. The number of hydrogen-bond acceptors (Lipinski definition) is 6. The fourth-order valence-corrected chi connectivity index (χ4v) is 1.41. The minimum atomic E-state index is -5.11. The number of carbonyl (C=O) groups is 1. The predicted octanol–water partition coefficient (Wildman–Crippen LogP) is 2.37. The van der Waals surface area contributed by atoms with Crippen LogP contribution < -0.4 is 4.74 Å². The molecule has 0 unspecified atom stereocenters. The molecule has 0 aliphatic heterocycles. The van der Waals surface area contributed by atoms with Gasteiger partial charge >= 0.3 is 18.0 Å². The maximum Gasteiger partial charge on any atom is 0.573 e. The van der Waals surface area contributed by atoms with Gasteiger partial charge in [-0.3, -0.25) is 10.1 Å². The van der Waals surface area contributed by atoms with E-state index in [1.54, 1.807) is 0 Å². The Balaban J connectivity index is 3.34. The van der Waals surface area contributed by atoms with Crippen LogP contribution in [0.1, 0.15) is 23.0 Å². The van der Waals surface area contributed by atoms with Gasteiger partial charge in [0, 0.05) is 0 Å². The van der Waals surface area contributed by atoms with Crippen molar-refractivity contribution in [2.24, 2.45) is 0 Å². The molecule has 0 aliphatic carbocycles. The summed E-state index contributed by atoms with van der Waals surface area (Å²) in [6.07, 6.45) is -4.64. The highest BCUT2D eigenvalue weighted by molar-refractivity contribution is 5.90. The molecule has 0 aromatic carbocycles. The third-order valence-corrected chi connectivity index (χ3v) is 2.13. The number of ether oxygens (including phenoxy) is 2. The molecule has 0 bridgehead atoms. The second-order valence-electron chi connectivity index (χ2n) is 3.47. The van der Waals surface area contributed by atoms with Gasteiger partial charge in [0.25, 0.3) is 0 Å². The third kappa shape index (κ3) is 3.56. The summed E-state index contributed by atoms with van der Waals surface area (Å²) in [5, 5.41) is 10.8. The van der Waals surface area contributed by atoms with Crippen molar-refractivity contribution in [2.45, 2.75) is 20.2 Å². The molecule has 0 aliphatic rings. The highest BCUT2D eigenvalue weighted by Gasteiger charge is 2.36. The van der Waals surface area contributed by atoms with Gasteiger partial charge < -0.3 is 9.47 Å². The number of halogens is 3. The van der Waals surface area contributed by atoms with Crippen LogP contribution in [-0.2, 0) is 4.74 Å². The Labute approximate surface area is 110 Å². The largest absolute Gasteiger partial charge is 0.573 e. The molecule has 1 heterocycles. The maximum atomic E-state index is 12.1. The molecule has 0 fully saturated rings. The van der Waals surface area contributed by atoms with E-state index in [-0.39, 0.29) is 12.2 Å². The first-order valence-electron chi connectivity index (χ1n) is 5.24. The van der Waals surface area contributed by atoms with Gasteiger partial charge in [0.1, 0.15) is 0 Å². The van der Waals surface area contributed by atoms with E-state index in [4.69, 9.17) is 0 Å². The van der Waals surface area contributed by atoms with Crippen LogP contribution in [0.3, 0.4) is 0 Å². The van der Waals surface area contributed by atoms with E-state index in [0.717, 1.165) is 6.92 Å². The van der Waals surface area contributed by atoms with Crippen molar-refractivity contribution in [1.82, 2.24) is 4.98 Å². The van der Waals surface area contributed by atoms with E-state index in [9.17, 15) is 28.1 Å². The highest BCUT2D eigenvalue weighted by atomic mass is 19.4. The van der Waals surface area contributed by atoms with Crippen LogP contribution in [0.15, 0.2) is 6.20 Å². The summed E-state index contributed by atoms with van der Waals surface area (Å²) in [6.45, 7) is 2.58. The summed E-state index contributed by atoms with van der Waals surface area (Å²) in [5.41, 5.74) is -1.79. The van der Waals surface area contributed by atoms with Crippen LogP contribution in [0, 0.1) is 17.0 Å². The van der Waals surface area contributed by atoms with Gasteiger partial charge in [-0.1, -0.05) is 0 Å². The summed E-state index contributed by atoms with van der Waals surface area (Å²) >= 11 is 0. The minimum absolute atomic E-state index is 0.00540. The number of pyridine rings is 1. The van der Waals surface area contributed by atoms with E-state index < -0.39 is 34.4 Å². The summed E-state index contributed by atoms with van der Waals surface area (Å²) in [6, 6.07) is 0. The molecule has 110 valence electrons. The second-order valence-corrected chi connectivity index (χ2v) is 3.47. The first kappa shape index (κ1) is 15.7. The average molecular weight is 294 g/mol. The van der Waals surface area contributed by atoms with Gasteiger partial charge in [-0.05, 0) is 13.8 Å². The fourth-order valence-electron chi connectivity index (χ4n) is 1.41. The predicted molar refractivity (Wildman–Crippen MR) is 58.3 cm³/mol. The molecule has 1 aromatic rings. The Morgan fingerprint density at radius 1 is 1.50 bits per heavy atom. The van der Waals surface area contributed by atoms with Crippen molar-refractivity contribution in [3.8, 4) is 5.75 Å². The molecule has 20 heavy (non-hydrogen) atoms. The fraction of sp³-hybridized carbons (Fsp3) is 0.400. The van der Waals surface area contributed by atoms with Gasteiger partial charge in [-0.2, -0.15) is 0 Å². The lowest BCUT2D eigenvalue weighted by atomic mass is 10.1. The Bertz CT molecular complexity index is 544. The van der Waals surface area contributed by atoms with Gasteiger partial charge in [0.2, 0.25) is 5.75 Å². The maximum absolute atomic E-state index is 12.1. The Hall–Kier alpha value is -2.39. The van der Waals surface area contributed by atoms with Crippen LogP contribution in [0.2, 0.25) is 0 Å². The normalized spacial score (nSPS) is 11.1. The quantitative estimate of drug-likeness (QED) is 0.481. The zero-order chi connectivity index (χ0) is 15.5. The summed E-state index contributed by atoms with van der Waals surface area (Å²) < 4.78 is 44.5. The second kappa shape index (κ2) is 5.72. The lowest BCUT2D eigenvalue weighted by molar-refractivity contribution is -0.389. The molecule has 0 spiro atoms. The van der Waals surface area contributed by atoms with Crippen molar-refractivity contribution >= 4 is 11.7 Å². The van der Waals surface area contributed by atoms with E-state index in [1.165, 1.54) is 6.92 Å². The first-order chi connectivity index (χ1) is 9.17. The van der Waals surface area contributed by atoms with Crippen molar-refractivity contribution in [2.75, 3.05) is 6.61 Å². The van der Waals surface area contributed by atoms with Crippen LogP contribution in [0.4, 0.5) is 18.9 Å². The van der Waals surface area contributed by atoms with Gasteiger partial charge in [0.15, 0.2) is 5.69 Å². The smallest absolute Gasteiger partial charge is 0.461 e. The zero-order valence-electron chi connectivity index (χ0n) is 10.4. The molecule has 0 radical (unpaired) electrons. The molecule has 7 nitrogen and oxygen atoms in total. The molecule has 0 N–H and O–H groups in total. The number of alkyl halides is 3. The van der Waals surface area contributed by atoms with Gasteiger partial charge in [-0.25, -0.2) is 9.78 Å². The Morgan fingerprint density at radius 3 is 2.55 bits per heavy atom. The molecular formula is C10H9F3N2O5. The van der Waals surface area contributed by atoms with Crippen molar-refractivity contribution in [3.63, 3.8) is 0 Å².